The van der Waals surface area contributed by atoms with Gasteiger partial charge in [0.05, 0.1) is 12.6 Å². The first kappa shape index (κ1) is 16.5. The molecule has 0 radical (unpaired) electrons. The zero-order valence-electron chi connectivity index (χ0n) is 13.1. The van der Waals surface area contributed by atoms with Gasteiger partial charge in [-0.2, -0.15) is 0 Å². The van der Waals surface area contributed by atoms with E-state index in [2.05, 4.69) is 38.2 Å². The van der Waals surface area contributed by atoms with Crippen LogP contribution in [0.4, 0.5) is 0 Å². The second-order valence-electron chi connectivity index (χ2n) is 6.11. The van der Waals surface area contributed by atoms with E-state index in [1.165, 1.54) is 5.56 Å². The number of hydrogen-bond acceptors (Lipinski definition) is 3. The molecular weight excluding hydrogens is 252 g/mol. The molecule has 0 aliphatic rings. The van der Waals surface area contributed by atoms with Crippen LogP contribution >= 0.6 is 0 Å². The summed E-state index contributed by atoms with van der Waals surface area (Å²) < 4.78 is 5.74. The molecule has 0 aliphatic heterocycles. The summed E-state index contributed by atoms with van der Waals surface area (Å²) in [4.78, 5) is 11.1. The van der Waals surface area contributed by atoms with Gasteiger partial charge >= 0.3 is 0 Å². The highest BCUT2D eigenvalue weighted by molar-refractivity contribution is 5.79. The molecule has 3 N–H and O–H groups in total. The van der Waals surface area contributed by atoms with Crippen molar-refractivity contribution in [1.82, 2.24) is 5.32 Å². The Morgan fingerprint density at radius 2 is 2.05 bits per heavy atom. The number of amides is 1. The summed E-state index contributed by atoms with van der Waals surface area (Å²) in [7, 11) is 1.72. The number of ether oxygens (including phenoxy) is 1. The molecule has 4 heteroatoms. The molecule has 0 spiro atoms. The lowest BCUT2D eigenvalue weighted by atomic mass is 9.86. The maximum atomic E-state index is 11.1. The Balaban J connectivity index is 2.64. The number of benzene rings is 1. The number of nitrogens with one attached hydrogen (secondary N) is 1. The molecule has 0 fully saturated rings. The minimum Gasteiger partial charge on any atom is -0.493 e. The predicted molar refractivity (Wildman–Crippen MR) is 82.0 cm³/mol. The van der Waals surface area contributed by atoms with Crippen molar-refractivity contribution in [3.8, 4) is 5.75 Å². The van der Waals surface area contributed by atoms with Gasteiger partial charge in [0, 0.05) is 6.42 Å². The molecule has 0 saturated carbocycles. The number of carbonyl (C=O) groups is 1. The Kier molecular flexibility index (Phi) is 5.57. The minimum absolute atomic E-state index is 0.131. The van der Waals surface area contributed by atoms with Crippen LogP contribution in [-0.2, 0) is 10.2 Å². The summed E-state index contributed by atoms with van der Waals surface area (Å²) in [6.45, 7) is 9.06. The number of rotatable bonds is 6. The highest BCUT2D eigenvalue weighted by Gasteiger charge is 2.15. The second kappa shape index (κ2) is 6.75. The largest absolute Gasteiger partial charge is 0.493 e. The molecule has 1 aromatic rings. The standard InChI is InChI=1S/C16H26N2O2/c1-11-10-12(16(2,3)4)6-7-14(11)20-9-8-13(18-5)15(17)19/h6-7,10,13,18H,8-9H2,1-5H3,(H2,17,19). The zero-order valence-corrected chi connectivity index (χ0v) is 13.1. The number of aryl methyl sites for hydroxylation is 1. The van der Waals surface area contributed by atoms with Gasteiger partial charge in [-0.05, 0) is 36.6 Å². The summed E-state index contributed by atoms with van der Waals surface area (Å²) in [5.41, 5.74) is 7.79. The van der Waals surface area contributed by atoms with Crippen molar-refractivity contribution in [3.05, 3.63) is 29.3 Å². The van der Waals surface area contributed by atoms with Crippen molar-refractivity contribution in [2.45, 2.75) is 45.6 Å². The summed E-state index contributed by atoms with van der Waals surface area (Å²) >= 11 is 0. The molecule has 1 amide bonds. The average Bonchev–Trinajstić information content (AvgIpc) is 2.34. The molecule has 0 bridgehead atoms. The molecule has 1 unspecified atom stereocenters. The van der Waals surface area contributed by atoms with Crippen molar-refractivity contribution in [2.75, 3.05) is 13.7 Å². The van der Waals surface area contributed by atoms with Crippen molar-refractivity contribution >= 4 is 5.91 Å². The van der Waals surface area contributed by atoms with Crippen LogP contribution in [0.5, 0.6) is 5.75 Å². The molecule has 0 saturated heterocycles. The highest BCUT2D eigenvalue weighted by Crippen LogP contribution is 2.27. The molecular formula is C16H26N2O2. The SMILES string of the molecule is CNC(CCOc1ccc(C(C)(C)C)cc1C)C(N)=O. The Morgan fingerprint density at radius 1 is 1.40 bits per heavy atom. The van der Waals surface area contributed by atoms with E-state index in [-0.39, 0.29) is 17.4 Å². The first-order valence-corrected chi connectivity index (χ1v) is 6.96. The Morgan fingerprint density at radius 3 is 2.50 bits per heavy atom. The third-order valence-corrected chi connectivity index (χ3v) is 3.40. The molecule has 0 aliphatic carbocycles. The van der Waals surface area contributed by atoms with Gasteiger partial charge in [0.25, 0.3) is 0 Å². The van der Waals surface area contributed by atoms with Crippen molar-refractivity contribution in [2.24, 2.45) is 5.73 Å². The minimum atomic E-state index is -0.351. The number of primary amides is 1. The fraction of sp³-hybridized carbons (Fsp3) is 0.562. The molecule has 1 atom stereocenters. The third kappa shape index (κ3) is 4.53. The van der Waals surface area contributed by atoms with E-state index >= 15 is 0 Å². The normalized spacial score (nSPS) is 13.1. The van der Waals surface area contributed by atoms with Crippen LogP contribution < -0.4 is 15.8 Å². The van der Waals surface area contributed by atoms with E-state index in [1.54, 1.807) is 7.05 Å². The number of carbonyl (C=O) groups excluding carboxylic acids is 1. The Hall–Kier alpha value is -1.55. The van der Waals surface area contributed by atoms with Gasteiger partial charge < -0.3 is 15.8 Å². The van der Waals surface area contributed by atoms with Crippen LogP contribution in [0.25, 0.3) is 0 Å². The number of likely N-dealkylation sites (N-methyl/N-ethyl adjacent to an activating group) is 1. The van der Waals surface area contributed by atoms with Gasteiger partial charge in [-0.3, -0.25) is 4.79 Å². The van der Waals surface area contributed by atoms with Crippen LogP contribution in [0.1, 0.15) is 38.3 Å². The van der Waals surface area contributed by atoms with E-state index in [0.717, 1.165) is 11.3 Å². The van der Waals surface area contributed by atoms with Crippen LogP contribution in [0, 0.1) is 6.92 Å². The van der Waals surface area contributed by atoms with Crippen LogP contribution in [-0.4, -0.2) is 25.6 Å². The zero-order chi connectivity index (χ0) is 15.3. The highest BCUT2D eigenvalue weighted by atomic mass is 16.5. The topological polar surface area (TPSA) is 64.3 Å². The molecule has 1 rings (SSSR count). The van der Waals surface area contributed by atoms with Gasteiger partial charge in [0.1, 0.15) is 5.75 Å². The van der Waals surface area contributed by atoms with Crippen LogP contribution in [0.3, 0.4) is 0 Å². The average molecular weight is 278 g/mol. The fourth-order valence-corrected chi connectivity index (χ4v) is 1.99. The lowest BCUT2D eigenvalue weighted by Gasteiger charge is -2.21. The van der Waals surface area contributed by atoms with E-state index in [0.29, 0.717) is 13.0 Å². The molecule has 112 valence electrons. The van der Waals surface area contributed by atoms with E-state index in [1.807, 2.05) is 13.0 Å². The number of nitrogens with two attached hydrogens (primary N) is 1. The van der Waals surface area contributed by atoms with Gasteiger partial charge in [0.15, 0.2) is 0 Å². The monoisotopic (exact) mass is 278 g/mol. The smallest absolute Gasteiger partial charge is 0.234 e. The van der Waals surface area contributed by atoms with Gasteiger partial charge in [-0.25, -0.2) is 0 Å². The lowest BCUT2D eigenvalue weighted by Crippen LogP contribution is -2.40. The maximum absolute atomic E-state index is 11.1. The first-order chi connectivity index (χ1) is 9.25. The lowest BCUT2D eigenvalue weighted by molar-refractivity contribution is -0.120. The Labute approximate surface area is 121 Å². The van der Waals surface area contributed by atoms with Gasteiger partial charge in [-0.15, -0.1) is 0 Å². The maximum Gasteiger partial charge on any atom is 0.234 e. The predicted octanol–water partition coefficient (Wildman–Crippen LogP) is 2.13. The molecule has 20 heavy (non-hydrogen) atoms. The fourth-order valence-electron chi connectivity index (χ4n) is 1.99. The van der Waals surface area contributed by atoms with Crippen LogP contribution in [0.2, 0.25) is 0 Å². The van der Waals surface area contributed by atoms with E-state index in [4.69, 9.17) is 10.5 Å². The van der Waals surface area contributed by atoms with Crippen molar-refractivity contribution in [3.63, 3.8) is 0 Å². The second-order valence-corrected chi connectivity index (χ2v) is 6.11. The van der Waals surface area contributed by atoms with Gasteiger partial charge in [0.2, 0.25) is 5.91 Å². The summed E-state index contributed by atoms with van der Waals surface area (Å²) in [5, 5.41) is 2.88. The third-order valence-electron chi connectivity index (χ3n) is 3.40. The molecule has 4 nitrogen and oxygen atoms in total. The summed E-state index contributed by atoms with van der Waals surface area (Å²) in [6, 6.07) is 5.89. The molecule has 0 aromatic heterocycles. The number of hydrogen-bond donors (Lipinski definition) is 2. The Bertz CT molecular complexity index is 464. The quantitative estimate of drug-likeness (QED) is 0.838. The molecule has 0 heterocycles. The van der Waals surface area contributed by atoms with E-state index in [9.17, 15) is 4.79 Å². The van der Waals surface area contributed by atoms with Crippen molar-refractivity contribution in [1.29, 1.82) is 0 Å². The first-order valence-electron chi connectivity index (χ1n) is 6.96. The van der Waals surface area contributed by atoms with E-state index < -0.39 is 0 Å². The summed E-state index contributed by atoms with van der Waals surface area (Å²) in [6.07, 6.45) is 0.562. The van der Waals surface area contributed by atoms with Gasteiger partial charge in [-0.1, -0.05) is 32.9 Å². The van der Waals surface area contributed by atoms with Crippen LogP contribution in [0.15, 0.2) is 18.2 Å². The summed E-state index contributed by atoms with van der Waals surface area (Å²) in [5.74, 6) is 0.508. The molecule has 1 aromatic carbocycles. The van der Waals surface area contributed by atoms with Crippen molar-refractivity contribution < 1.29 is 9.53 Å².